The van der Waals surface area contributed by atoms with Gasteiger partial charge in [-0.3, -0.25) is 0 Å². The Morgan fingerprint density at radius 1 is 1.31 bits per heavy atom. The quantitative estimate of drug-likeness (QED) is 0.726. The molecular formula is C12H22N4. The standard InChI is InChI=1S/C12H22N4/c1-4-5-6-7-14-11-8-10(13)15-12(16-11)9(2)3/h8-9H,4-7H2,1-3H3,(H3,13,14,15,16). The minimum absolute atomic E-state index is 0.305. The molecule has 1 aromatic heterocycles. The second-order valence-corrected chi connectivity index (χ2v) is 4.32. The Kier molecular flexibility index (Phi) is 5.02. The van der Waals surface area contributed by atoms with Crippen LogP contribution in [-0.2, 0) is 0 Å². The van der Waals surface area contributed by atoms with E-state index in [0.717, 1.165) is 24.6 Å². The van der Waals surface area contributed by atoms with Gasteiger partial charge < -0.3 is 11.1 Å². The fourth-order valence-corrected chi connectivity index (χ4v) is 1.43. The summed E-state index contributed by atoms with van der Waals surface area (Å²) in [5, 5.41) is 3.28. The summed E-state index contributed by atoms with van der Waals surface area (Å²) in [6, 6.07) is 1.79. The lowest BCUT2D eigenvalue weighted by Crippen LogP contribution is -2.08. The summed E-state index contributed by atoms with van der Waals surface area (Å²) >= 11 is 0. The number of unbranched alkanes of at least 4 members (excludes halogenated alkanes) is 2. The predicted octanol–water partition coefficient (Wildman–Crippen LogP) is 2.78. The highest BCUT2D eigenvalue weighted by molar-refractivity contribution is 5.44. The molecule has 1 aromatic rings. The van der Waals surface area contributed by atoms with Gasteiger partial charge >= 0.3 is 0 Å². The molecule has 0 saturated carbocycles. The van der Waals surface area contributed by atoms with Crippen molar-refractivity contribution in [2.45, 2.75) is 46.0 Å². The molecule has 0 aromatic carbocycles. The van der Waals surface area contributed by atoms with Gasteiger partial charge in [0.25, 0.3) is 0 Å². The lowest BCUT2D eigenvalue weighted by Gasteiger charge is -2.09. The van der Waals surface area contributed by atoms with Crippen molar-refractivity contribution in [3.05, 3.63) is 11.9 Å². The Morgan fingerprint density at radius 2 is 2.06 bits per heavy atom. The number of anilines is 2. The highest BCUT2D eigenvalue weighted by Crippen LogP contribution is 2.14. The number of nitrogens with two attached hydrogens (primary N) is 1. The molecular weight excluding hydrogens is 200 g/mol. The van der Waals surface area contributed by atoms with Crippen LogP contribution in [0.25, 0.3) is 0 Å². The van der Waals surface area contributed by atoms with Crippen LogP contribution in [-0.4, -0.2) is 16.5 Å². The largest absolute Gasteiger partial charge is 0.384 e. The van der Waals surface area contributed by atoms with Gasteiger partial charge in [0.05, 0.1) is 0 Å². The molecule has 4 heteroatoms. The summed E-state index contributed by atoms with van der Waals surface area (Å²) in [7, 11) is 0. The third kappa shape index (κ3) is 4.04. The van der Waals surface area contributed by atoms with Crippen LogP contribution in [0.1, 0.15) is 51.8 Å². The van der Waals surface area contributed by atoms with E-state index in [4.69, 9.17) is 5.73 Å². The van der Waals surface area contributed by atoms with E-state index in [9.17, 15) is 0 Å². The van der Waals surface area contributed by atoms with Crippen LogP contribution in [0.5, 0.6) is 0 Å². The number of aromatic nitrogens is 2. The fraction of sp³-hybridized carbons (Fsp3) is 0.667. The van der Waals surface area contributed by atoms with E-state index in [1.807, 2.05) is 0 Å². The number of hydrogen-bond donors (Lipinski definition) is 2. The molecule has 0 unspecified atom stereocenters. The maximum atomic E-state index is 5.74. The second kappa shape index (κ2) is 6.30. The van der Waals surface area contributed by atoms with Gasteiger partial charge in [0.15, 0.2) is 0 Å². The first-order valence-electron chi connectivity index (χ1n) is 6.01. The van der Waals surface area contributed by atoms with Crippen LogP contribution in [0.15, 0.2) is 6.07 Å². The summed E-state index contributed by atoms with van der Waals surface area (Å²) in [5.74, 6) is 2.49. The molecule has 4 nitrogen and oxygen atoms in total. The summed E-state index contributed by atoms with van der Waals surface area (Å²) < 4.78 is 0. The third-order valence-electron chi connectivity index (χ3n) is 2.37. The average molecular weight is 222 g/mol. The van der Waals surface area contributed by atoms with E-state index in [0.29, 0.717) is 11.7 Å². The molecule has 0 spiro atoms. The predicted molar refractivity (Wildman–Crippen MR) is 68.5 cm³/mol. The Morgan fingerprint density at radius 3 is 2.69 bits per heavy atom. The Hall–Kier alpha value is -1.32. The molecule has 90 valence electrons. The highest BCUT2D eigenvalue weighted by atomic mass is 15.0. The average Bonchev–Trinajstić information content (AvgIpc) is 2.23. The molecule has 0 aliphatic rings. The van der Waals surface area contributed by atoms with Crippen molar-refractivity contribution in [2.75, 3.05) is 17.6 Å². The van der Waals surface area contributed by atoms with Gasteiger partial charge in [0.2, 0.25) is 0 Å². The minimum Gasteiger partial charge on any atom is -0.384 e. The zero-order valence-corrected chi connectivity index (χ0v) is 10.5. The maximum Gasteiger partial charge on any atom is 0.135 e. The molecule has 0 aliphatic heterocycles. The van der Waals surface area contributed by atoms with E-state index in [1.54, 1.807) is 6.07 Å². The van der Waals surface area contributed by atoms with Crippen LogP contribution in [0.2, 0.25) is 0 Å². The van der Waals surface area contributed by atoms with Gasteiger partial charge in [-0.15, -0.1) is 0 Å². The summed E-state index contributed by atoms with van der Waals surface area (Å²) in [6.07, 6.45) is 3.63. The molecule has 1 rings (SSSR count). The van der Waals surface area contributed by atoms with E-state index in [2.05, 4.69) is 36.1 Å². The molecule has 0 saturated heterocycles. The first-order chi connectivity index (χ1) is 7.63. The Balaban J connectivity index is 2.58. The zero-order valence-electron chi connectivity index (χ0n) is 10.5. The number of rotatable bonds is 6. The summed E-state index contributed by atoms with van der Waals surface area (Å²) in [4.78, 5) is 8.63. The first-order valence-corrected chi connectivity index (χ1v) is 6.01. The van der Waals surface area contributed by atoms with Crippen molar-refractivity contribution in [3.8, 4) is 0 Å². The molecule has 0 amide bonds. The number of nitrogen functional groups attached to an aromatic ring is 1. The van der Waals surface area contributed by atoms with Crippen LogP contribution in [0, 0.1) is 0 Å². The zero-order chi connectivity index (χ0) is 12.0. The van der Waals surface area contributed by atoms with E-state index >= 15 is 0 Å². The number of hydrogen-bond acceptors (Lipinski definition) is 4. The van der Waals surface area contributed by atoms with Crippen molar-refractivity contribution >= 4 is 11.6 Å². The molecule has 1 heterocycles. The van der Waals surface area contributed by atoms with Gasteiger partial charge in [0, 0.05) is 18.5 Å². The fourth-order valence-electron chi connectivity index (χ4n) is 1.43. The third-order valence-corrected chi connectivity index (χ3v) is 2.37. The summed E-state index contributed by atoms with van der Waals surface area (Å²) in [6.45, 7) is 7.27. The van der Waals surface area contributed by atoms with Crippen molar-refractivity contribution in [1.82, 2.24) is 9.97 Å². The molecule has 3 N–H and O–H groups in total. The first kappa shape index (κ1) is 12.7. The maximum absolute atomic E-state index is 5.74. The van der Waals surface area contributed by atoms with Gasteiger partial charge in [-0.2, -0.15) is 0 Å². The van der Waals surface area contributed by atoms with Crippen LogP contribution >= 0.6 is 0 Å². The van der Waals surface area contributed by atoms with Gasteiger partial charge in [-0.1, -0.05) is 33.6 Å². The van der Waals surface area contributed by atoms with E-state index < -0.39 is 0 Å². The van der Waals surface area contributed by atoms with E-state index in [-0.39, 0.29) is 0 Å². The lowest BCUT2D eigenvalue weighted by atomic mass is 10.2. The van der Waals surface area contributed by atoms with E-state index in [1.165, 1.54) is 12.8 Å². The van der Waals surface area contributed by atoms with Gasteiger partial charge in [0.1, 0.15) is 17.5 Å². The second-order valence-electron chi connectivity index (χ2n) is 4.32. The molecule has 0 bridgehead atoms. The highest BCUT2D eigenvalue weighted by Gasteiger charge is 2.05. The van der Waals surface area contributed by atoms with Crippen molar-refractivity contribution in [2.24, 2.45) is 0 Å². The SMILES string of the molecule is CCCCCNc1cc(N)nc(C(C)C)n1. The van der Waals surface area contributed by atoms with Crippen molar-refractivity contribution < 1.29 is 0 Å². The van der Waals surface area contributed by atoms with Crippen LogP contribution < -0.4 is 11.1 Å². The van der Waals surface area contributed by atoms with Crippen molar-refractivity contribution in [1.29, 1.82) is 0 Å². The Labute approximate surface area is 97.7 Å². The van der Waals surface area contributed by atoms with Crippen LogP contribution in [0.4, 0.5) is 11.6 Å². The van der Waals surface area contributed by atoms with Gasteiger partial charge in [-0.25, -0.2) is 9.97 Å². The van der Waals surface area contributed by atoms with Crippen molar-refractivity contribution in [3.63, 3.8) is 0 Å². The molecule has 0 aliphatic carbocycles. The Bertz CT molecular complexity index is 323. The molecule has 0 atom stereocenters. The normalized spacial score (nSPS) is 10.8. The smallest absolute Gasteiger partial charge is 0.135 e. The molecule has 0 fully saturated rings. The topological polar surface area (TPSA) is 63.8 Å². The van der Waals surface area contributed by atoms with Gasteiger partial charge in [-0.05, 0) is 6.42 Å². The minimum atomic E-state index is 0.305. The number of nitrogens with zero attached hydrogens (tertiary/aromatic N) is 2. The lowest BCUT2D eigenvalue weighted by molar-refractivity contribution is 0.737. The molecule has 16 heavy (non-hydrogen) atoms. The van der Waals surface area contributed by atoms with Crippen LogP contribution in [0.3, 0.4) is 0 Å². The summed E-state index contributed by atoms with van der Waals surface area (Å²) in [5.41, 5.74) is 5.74. The monoisotopic (exact) mass is 222 g/mol. The molecule has 0 radical (unpaired) electrons. The number of nitrogens with one attached hydrogen (secondary N) is 1.